The van der Waals surface area contributed by atoms with Crippen molar-refractivity contribution >= 4 is 11.8 Å². The Morgan fingerprint density at radius 1 is 0.808 bits per heavy atom. The Hall–Kier alpha value is -2.56. The number of nitrogens with one attached hydrogen (secondary N) is 1. The molecule has 1 aromatic carbocycles. The molecule has 5 nitrogen and oxygen atoms in total. The smallest absolute Gasteiger partial charge is 0.255 e. The minimum atomic E-state index is 0.0432. The molecule has 0 unspecified atom stereocenters. The van der Waals surface area contributed by atoms with Crippen molar-refractivity contribution in [1.82, 2.24) is 14.8 Å². The van der Waals surface area contributed by atoms with Crippen molar-refractivity contribution in [2.75, 3.05) is 26.2 Å². The molecule has 1 saturated heterocycles. The number of rotatable bonds is 2. The number of hydrogen-bond donors (Lipinski definition) is 1. The number of benzene rings is 1. The van der Waals surface area contributed by atoms with Gasteiger partial charge in [-0.1, -0.05) is 17.7 Å². The van der Waals surface area contributed by atoms with Crippen LogP contribution in [0, 0.1) is 34.6 Å². The first kappa shape index (κ1) is 18.2. The number of H-pyrrole nitrogens is 1. The molecule has 3 rings (SSSR count). The van der Waals surface area contributed by atoms with Crippen molar-refractivity contribution in [2.45, 2.75) is 34.6 Å². The minimum Gasteiger partial charge on any atom is -0.362 e. The quantitative estimate of drug-likeness (QED) is 0.902. The zero-order chi connectivity index (χ0) is 19.0. The Labute approximate surface area is 155 Å². The maximum Gasteiger partial charge on any atom is 0.255 e. The highest BCUT2D eigenvalue weighted by Gasteiger charge is 2.28. The van der Waals surface area contributed by atoms with Gasteiger partial charge in [-0.2, -0.15) is 0 Å². The van der Waals surface area contributed by atoms with Crippen LogP contribution in [0.5, 0.6) is 0 Å². The fraction of sp³-hybridized carbons (Fsp3) is 0.429. The third-order valence-corrected chi connectivity index (χ3v) is 5.12. The number of aromatic nitrogens is 1. The highest BCUT2D eigenvalue weighted by Crippen LogP contribution is 2.20. The van der Waals surface area contributed by atoms with Gasteiger partial charge in [-0.15, -0.1) is 0 Å². The van der Waals surface area contributed by atoms with Crippen LogP contribution in [-0.2, 0) is 0 Å². The molecule has 2 aromatic rings. The standard InChI is InChI=1S/C21H27N3O2/c1-13-10-14(2)19(15(3)11-13)21(26)24-8-6-23(7-9-24)20(25)18-12-16(4)22-17(18)5/h10-12,22H,6-9H2,1-5H3. The van der Waals surface area contributed by atoms with E-state index in [1.54, 1.807) is 0 Å². The molecule has 1 aliphatic heterocycles. The van der Waals surface area contributed by atoms with Gasteiger partial charge >= 0.3 is 0 Å². The van der Waals surface area contributed by atoms with E-state index in [1.165, 1.54) is 5.56 Å². The van der Waals surface area contributed by atoms with Crippen molar-refractivity contribution < 1.29 is 9.59 Å². The van der Waals surface area contributed by atoms with Crippen LogP contribution in [0.3, 0.4) is 0 Å². The number of amides is 2. The third-order valence-electron chi connectivity index (χ3n) is 5.12. The first-order valence-electron chi connectivity index (χ1n) is 9.10. The van der Waals surface area contributed by atoms with Gasteiger partial charge in [0.1, 0.15) is 0 Å². The lowest BCUT2D eigenvalue weighted by molar-refractivity contribution is 0.0534. The van der Waals surface area contributed by atoms with E-state index < -0.39 is 0 Å². The monoisotopic (exact) mass is 353 g/mol. The van der Waals surface area contributed by atoms with Crippen molar-refractivity contribution in [2.24, 2.45) is 0 Å². The zero-order valence-corrected chi connectivity index (χ0v) is 16.3. The van der Waals surface area contributed by atoms with E-state index in [9.17, 15) is 9.59 Å². The Balaban J connectivity index is 1.70. The molecule has 1 aliphatic rings. The van der Waals surface area contributed by atoms with E-state index in [-0.39, 0.29) is 11.8 Å². The lowest BCUT2D eigenvalue weighted by atomic mass is 9.98. The number of aromatic amines is 1. The number of aryl methyl sites for hydroxylation is 5. The van der Waals surface area contributed by atoms with Crippen molar-refractivity contribution in [3.63, 3.8) is 0 Å². The second-order valence-electron chi connectivity index (χ2n) is 7.35. The maximum absolute atomic E-state index is 13.0. The normalized spacial score (nSPS) is 14.7. The molecule has 26 heavy (non-hydrogen) atoms. The first-order chi connectivity index (χ1) is 12.3. The number of piperazine rings is 1. The predicted octanol–water partition coefficient (Wildman–Crippen LogP) is 3.16. The van der Waals surface area contributed by atoms with Crippen molar-refractivity contribution in [3.05, 3.63) is 57.4 Å². The second kappa shape index (κ2) is 6.98. The van der Waals surface area contributed by atoms with Gasteiger partial charge in [0.15, 0.2) is 0 Å². The summed E-state index contributed by atoms with van der Waals surface area (Å²) in [5.41, 5.74) is 6.62. The van der Waals surface area contributed by atoms with Gasteiger partial charge in [-0.05, 0) is 51.8 Å². The maximum atomic E-state index is 13.0. The Morgan fingerprint density at radius 3 is 1.77 bits per heavy atom. The summed E-state index contributed by atoms with van der Waals surface area (Å²) in [6.45, 7) is 12.2. The van der Waals surface area contributed by atoms with Crippen LogP contribution in [0.4, 0.5) is 0 Å². The molecule has 0 atom stereocenters. The van der Waals surface area contributed by atoms with E-state index >= 15 is 0 Å². The van der Waals surface area contributed by atoms with Crippen LogP contribution in [0.1, 0.15) is 48.8 Å². The molecule has 0 saturated carbocycles. The number of hydrogen-bond acceptors (Lipinski definition) is 2. The highest BCUT2D eigenvalue weighted by atomic mass is 16.2. The summed E-state index contributed by atoms with van der Waals surface area (Å²) < 4.78 is 0. The lowest BCUT2D eigenvalue weighted by Gasteiger charge is -2.35. The summed E-state index contributed by atoms with van der Waals surface area (Å²) >= 11 is 0. The summed E-state index contributed by atoms with van der Waals surface area (Å²) in [7, 11) is 0. The van der Waals surface area contributed by atoms with Crippen LogP contribution >= 0.6 is 0 Å². The fourth-order valence-corrected chi connectivity index (χ4v) is 3.90. The van der Waals surface area contributed by atoms with Gasteiger partial charge in [-0.3, -0.25) is 9.59 Å². The van der Waals surface area contributed by atoms with Crippen molar-refractivity contribution in [3.8, 4) is 0 Å². The molecular formula is C21H27N3O2. The molecule has 1 aromatic heterocycles. The highest BCUT2D eigenvalue weighted by molar-refractivity contribution is 5.98. The average molecular weight is 353 g/mol. The molecular weight excluding hydrogens is 326 g/mol. The van der Waals surface area contributed by atoms with Crippen LogP contribution in [0.25, 0.3) is 0 Å². The van der Waals surface area contributed by atoms with Crippen molar-refractivity contribution in [1.29, 1.82) is 0 Å². The summed E-state index contributed by atoms with van der Waals surface area (Å²) in [5, 5.41) is 0. The molecule has 0 bridgehead atoms. The fourth-order valence-electron chi connectivity index (χ4n) is 3.90. The zero-order valence-electron chi connectivity index (χ0n) is 16.3. The molecule has 1 N–H and O–H groups in total. The Morgan fingerprint density at radius 2 is 1.31 bits per heavy atom. The molecule has 0 spiro atoms. The second-order valence-corrected chi connectivity index (χ2v) is 7.35. The topological polar surface area (TPSA) is 56.4 Å². The van der Waals surface area contributed by atoms with E-state index in [1.807, 2.05) is 50.5 Å². The van der Waals surface area contributed by atoms with Crippen LogP contribution < -0.4 is 0 Å². The minimum absolute atomic E-state index is 0.0432. The lowest BCUT2D eigenvalue weighted by Crippen LogP contribution is -2.50. The number of carbonyl (C=O) groups is 2. The van der Waals surface area contributed by atoms with Gasteiger partial charge in [0.05, 0.1) is 5.56 Å². The van der Waals surface area contributed by atoms with E-state index in [0.29, 0.717) is 26.2 Å². The van der Waals surface area contributed by atoms with Gasteiger partial charge in [0.25, 0.3) is 11.8 Å². The summed E-state index contributed by atoms with van der Waals surface area (Å²) in [5.74, 6) is 0.113. The molecule has 2 amide bonds. The molecule has 0 aliphatic carbocycles. The summed E-state index contributed by atoms with van der Waals surface area (Å²) in [6, 6.07) is 6.00. The van der Waals surface area contributed by atoms with Gasteiger partial charge < -0.3 is 14.8 Å². The van der Waals surface area contributed by atoms with Crippen LogP contribution in [0.15, 0.2) is 18.2 Å². The SMILES string of the molecule is Cc1cc(C)c(C(=O)N2CCN(C(=O)c3cc(C)[nH]c3C)CC2)c(C)c1. The average Bonchev–Trinajstić information content (AvgIpc) is 2.91. The molecule has 0 radical (unpaired) electrons. The van der Waals surface area contributed by atoms with Crippen LogP contribution in [-0.4, -0.2) is 52.8 Å². The largest absolute Gasteiger partial charge is 0.362 e. The summed E-state index contributed by atoms with van der Waals surface area (Å²) in [4.78, 5) is 32.6. The van der Waals surface area contributed by atoms with Gasteiger partial charge in [0, 0.05) is 43.1 Å². The number of carbonyl (C=O) groups excluding carboxylic acids is 2. The van der Waals surface area contributed by atoms with Gasteiger partial charge in [-0.25, -0.2) is 0 Å². The molecule has 1 fully saturated rings. The van der Waals surface area contributed by atoms with E-state index in [2.05, 4.69) is 17.1 Å². The summed E-state index contributed by atoms with van der Waals surface area (Å²) in [6.07, 6.45) is 0. The van der Waals surface area contributed by atoms with E-state index in [0.717, 1.165) is 33.6 Å². The van der Waals surface area contributed by atoms with Gasteiger partial charge in [0.2, 0.25) is 0 Å². The predicted molar refractivity (Wildman–Crippen MR) is 103 cm³/mol. The number of nitrogens with zero attached hydrogens (tertiary/aromatic N) is 2. The Bertz CT molecular complexity index is 835. The van der Waals surface area contributed by atoms with Crippen LogP contribution in [0.2, 0.25) is 0 Å². The molecule has 138 valence electrons. The van der Waals surface area contributed by atoms with E-state index in [4.69, 9.17) is 0 Å². The third kappa shape index (κ3) is 3.39. The molecule has 5 heteroatoms. The Kier molecular flexibility index (Phi) is 4.90. The molecule has 2 heterocycles. The first-order valence-corrected chi connectivity index (χ1v) is 9.10.